The fraction of sp³-hybridized carbons (Fsp3) is 0.667. The summed E-state index contributed by atoms with van der Waals surface area (Å²) in [5.74, 6) is 0.127. The molecule has 0 spiro atoms. The van der Waals surface area contributed by atoms with E-state index < -0.39 is 25.5 Å². The van der Waals surface area contributed by atoms with Crippen LogP contribution >= 0.6 is 0 Å². The van der Waals surface area contributed by atoms with Crippen LogP contribution in [0.2, 0.25) is 0 Å². The Balaban J connectivity index is 4.47. The van der Waals surface area contributed by atoms with Gasteiger partial charge in [-0.15, -0.1) is 0 Å². The Labute approximate surface area is 64.7 Å². The summed E-state index contributed by atoms with van der Waals surface area (Å²) in [6.07, 6.45) is 0. The minimum Gasteiger partial charge on any atom is -0.285 e. The number of hydrogen-bond acceptors (Lipinski definition) is 4. The van der Waals surface area contributed by atoms with Gasteiger partial charge in [0.15, 0.2) is 0 Å². The third-order valence-corrected chi connectivity index (χ3v) is 2.83. The smallest absolute Gasteiger partial charge is 0.270 e. The average Bonchev–Trinajstić information content (AvgIpc) is 1.56. The zero-order valence-electron chi connectivity index (χ0n) is 5.50. The lowest BCUT2D eigenvalue weighted by molar-refractivity contribution is 0.467. The molecule has 0 bridgehead atoms. The van der Waals surface area contributed by atoms with Crippen LogP contribution in [0.4, 0.5) is 0 Å². The van der Waals surface area contributed by atoms with E-state index >= 15 is 0 Å². The zero-order valence-corrected chi connectivity index (χ0v) is 7.13. The highest BCUT2D eigenvalue weighted by Gasteiger charge is 2.23. The fourth-order valence-corrected chi connectivity index (χ4v) is 1.78. The maximum atomic E-state index is 10.2. The Hall–Kier alpha value is -0.180. The van der Waals surface area contributed by atoms with Crippen molar-refractivity contribution in [2.45, 2.75) is 12.2 Å². The van der Waals surface area contributed by atoms with Crippen LogP contribution in [-0.4, -0.2) is 31.2 Å². The summed E-state index contributed by atoms with van der Waals surface area (Å²) in [6, 6.07) is 0. The molecule has 0 saturated heterocycles. The molecule has 1 radical (unpaired) electrons. The van der Waals surface area contributed by atoms with Crippen molar-refractivity contribution in [2.75, 3.05) is 0 Å². The van der Waals surface area contributed by atoms with Crippen molar-refractivity contribution < 1.29 is 25.9 Å². The number of hydrogen-bond donors (Lipinski definition) is 2. The minimum absolute atomic E-state index is 0.127. The largest absolute Gasteiger partial charge is 0.285 e. The standard InChI is InChI=1S/C3H7O6S2/c1-3(11(7,8)9)2-10(4,5)6/h2-3H,1H3,(H,4,5,6)(H,7,8,9). The Morgan fingerprint density at radius 2 is 1.55 bits per heavy atom. The lowest BCUT2D eigenvalue weighted by Gasteiger charge is -2.02. The lowest BCUT2D eigenvalue weighted by atomic mass is 10.6. The Morgan fingerprint density at radius 1 is 1.18 bits per heavy atom. The summed E-state index contributed by atoms with van der Waals surface area (Å²) in [7, 11) is -8.90. The molecule has 6 nitrogen and oxygen atoms in total. The molecule has 2 N–H and O–H groups in total. The Kier molecular flexibility index (Phi) is 3.00. The van der Waals surface area contributed by atoms with E-state index in [0.717, 1.165) is 6.92 Å². The Morgan fingerprint density at radius 3 is 1.64 bits per heavy atom. The van der Waals surface area contributed by atoms with Gasteiger partial charge in [0.05, 0.1) is 0 Å². The molecule has 0 aromatic heterocycles. The summed E-state index contributed by atoms with van der Waals surface area (Å²) in [5.41, 5.74) is 0. The van der Waals surface area contributed by atoms with Crippen molar-refractivity contribution in [1.29, 1.82) is 0 Å². The van der Waals surface area contributed by atoms with Gasteiger partial charge in [0, 0.05) is 0 Å². The van der Waals surface area contributed by atoms with Gasteiger partial charge >= 0.3 is 0 Å². The molecule has 67 valence electrons. The van der Waals surface area contributed by atoms with Gasteiger partial charge in [-0.25, -0.2) is 0 Å². The van der Waals surface area contributed by atoms with Crippen LogP contribution in [0, 0.1) is 5.75 Å². The van der Waals surface area contributed by atoms with Crippen LogP contribution in [0.3, 0.4) is 0 Å². The molecular formula is C3H7O6S2. The molecule has 0 amide bonds. The van der Waals surface area contributed by atoms with E-state index in [1.807, 2.05) is 0 Å². The van der Waals surface area contributed by atoms with E-state index in [1.165, 1.54) is 0 Å². The first-order valence-electron chi connectivity index (χ1n) is 2.41. The second-order valence-corrected chi connectivity index (χ2v) is 4.95. The molecule has 8 heteroatoms. The van der Waals surface area contributed by atoms with E-state index in [4.69, 9.17) is 9.11 Å². The second-order valence-electron chi connectivity index (χ2n) is 1.87. The van der Waals surface area contributed by atoms with Gasteiger partial charge in [-0.1, -0.05) is 0 Å². The van der Waals surface area contributed by atoms with Crippen LogP contribution in [-0.2, 0) is 20.2 Å². The summed E-state index contributed by atoms with van der Waals surface area (Å²) < 4.78 is 56.6. The van der Waals surface area contributed by atoms with E-state index in [0.29, 0.717) is 0 Å². The van der Waals surface area contributed by atoms with Gasteiger partial charge in [0.25, 0.3) is 20.2 Å². The summed E-state index contributed by atoms with van der Waals surface area (Å²) in [5, 5.41) is -1.63. The highest BCUT2D eigenvalue weighted by atomic mass is 32.2. The summed E-state index contributed by atoms with van der Waals surface area (Å²) >= 11 is 0. The van der Waals surface area contributed by atoms with Crippen molar-refractivity contribution in [3.63, 3.8) is 0 Å². The molecule has 11 heavy (non-hydrogen) atoms. The van der Waals surface area contributed by atoms with Gasteiger partial charge in [-0.05, 0) is 6.92 Å². The van der Waals surface area contributed by atoms with Crippen molar-refractivity contribution in [1.82, 2.24) is 0 Å². The Bertz CT molecular complexity index is 310. The van der Waals surface area contributed by atoms with Gasteiger partial charge in [-0.3, -0.25) is 9.11 Å². The predicted molar refractivity (Wildman–Crippen MR) is 36.9 cm³/mol. The van der Waals surface area contributed by atoms with E-state index in [9.17, 15) is 16.8 Å². The molecule has 1 unspecified atom stereocenters. The van der Waals surface area contributed by atoms with Gasteiger partial charge in [0.1, 0.15) is 11.0 Å². The highest BCUT2D eigenvalue weighted by molar-refractivity contribution is 7.91. The van der Waals surface area contributed by atoms with Crippen LogP contribution in [0.15, 0.2) is 0 Å². The molecular weight excluding hydrogens is 196 g/mol. The normalized spacial score (nSPS) is 16.3. The molecule has 0 aliphatic carbocycles. The van der Waals surface area contributed by atoms with Crippen LogP contribution in [0.25, 0.3) is 0 Å². The zero-order chi connectivity index (χ0) is 9.28. The van der Waals surface area contributed by atoms with E-state index in [2.05, 4.69) is 0 Å². The predicted octanol–water partition coefficient (Wildman–Crippen LogP) is -0.688. The van der Waals surface area contributed by atoms with E-state index in [1.54, 1.807) is 0 Å². The van der Waals surface area contributed by atoms with Crippen LogP contribution < -0.4 is 0 Å². The topological polar surface area (TPSA) is 109 Å². The third kappa shape index (κ3) is 5.13. The van der Waals surface area contributed by atoms with Crippen molar-refractivity contribution in [3.05, 3.63) is 5.75 Å². The molecule has 0 aliphatic rings. The molecule has 0 fully saturated rings. The quantitative estimate of drug-likeness (QED) is 0.588. The van der Waals surface area contributed by atoms with Gasteiger partial charge < -0.3 is 0 Å². The highest BCUT2D eigenvalue weighted by Crippen LogP contribution is 2.05. The molecule has 1 atom stereocenters. The van der Waals surface area contributed by atoms with Crippen molar-refractivity contribution in [3.8, 4) is 0 Å². The molecule has 0 aromatic rings. The molecule has 0 saturated carbocycles. The van der Waals surface area contributed by atoms with Crippen molar-refractivity contribution in [2.24, 2.45) is 0 Å². The number of rotatable bonds is 3. The third-order valence-electron chi connectivity index (χ3n) is 0.833. The molecule has 0 aromatic carbocycles. The van der Waals surface area contributed by atoms with Gasteiger partial charge in [-0.2, -0.15) is 16.8 Å². The molecule has 0 rings (SSSR count). The first-order valence-corrected chi connectivity index (χ1v) is 5.42. The maximum Gasteiger partial charge on any atom is 0.270 e. The van der Waals surface area contributed by atoms with Gasteiger partial charge in [0.2, 0.25) is 0 Å². The molecule has 0 heterocycles. The lowest BCUT2D eigenvalue weighted by Crippen LogP contribution is -2.21. The monoisotopic (exact) mass is 203 g/mol. The second kappa shape index (κ2) is 3.05. The summed E-state index contributed by atoms with van der Waals surface area (Å²) in [6.45, 7) is 0.920. The van der Waals surface area contributed by atoms with Crippen LogP contribution in [0.5, 0.6) is 0 Å². The SMILES string of the molecule is CC([CH]S(=O)(=O)O)S(=O)(=O)O. The van der Waals surface area contributed by atoms with Crippen LogP contribution in [0.1, 0.15) is 6.92 Å². The minimum atomic E-state index is -4.47. The summed E-state index contributed by atoms with van der Waals surface area (Å²) in [4.78, 5) is 0. The first-order chi connectivity index (χ1) is 4.63. The fourth-order valence-electron chi connectivity index (χ4n) is 0.312. The van der Waals surface area contributed by atoms with E-state index in [-0.39, 0.29) is 5.75 Å². The maximum absolute atomic E-state index is 10.2. The van der Waals surface area contributed by atoms with Crippen molar-refractivity contribution >= 4 is 20.2 Å². The first kappa shape index (κ1) is 10.8. The molecule has 0 aliphatic heterocycles. The average molecular weight is 203 g/mol.